The second kappa shape index (κ2) is 11.7. The first kappa shape index (κ1) is 20.5. The third-order valence-corrected chi connectivity index (χ3v) is 5.27. The van der Waals surface area contributed by atoms with Gasteiger partial charge in [-0.15, -0.1) is 0 Å². The number of piperidine rings is 2. The zero-order chi connectivity index (χ0) is 17.9. The molecule has 0 aromatic carbocycles. The summed E-state index contributed by atoms with van der Waals surface area (Å²) in [5.41, 5.74) is 0. The van der Waals surface area contributed by atoms with Crippen LogP contribution in [-0.2, 0) is 0 Å². The van der Waals surface area contributed by atoms with Gasteiger partial charge in [0.15, 0.2) is 5.96 Å². The van der Waals surface area contributed by atoms with Gasteiger partial charge in [-0.1, -0.05) is 6.92 Å². The lowest BCUT2D eigenvalue weighted by Gasteiger charge is -2.32. The number of nitrogens with one attached hydrogen (secondary N) is 2. The fourth-order valence-electron chi connectivity index (χ4n) is 3.76. The van der Waals surface area contributed by atoms with E-state index < -0.39 is 0 Å². The molecule has 6 nitrogen and oxygen atoms in total. The molecule has 0 unspecified atom stereocenters. The Hall–Kier alpha value is -0.850. The lowest BCUT2D eigenvalue weighted by Crippen LogP contribution is -2.48. The molecule has 25 heavy (non-hydrogen) atoms. The van der Waals surface area contributed by atoms with Crippen molar-refractivity contribution in [3.63, 3.8) is 0 Å². The van der Waals surface area contributed by atoms with Gasteiger partial charge in [0.2, 0.25) is 0 Å². The van der Waals surface area contributed by atoms with Gasteiger partial charge >= 0.3 is 0 Å². The minimum absolute atomic E-state index is 0.0810. The van der Waals surface area contributed by atoms with Gasteiger partial charge in [-0.25, -0.2) is 0 Å². The van der Waals surface area contributed by atoms with Crippen molar-refractivity contribution in [1.82, 2.24) is 20.4 Å². The van der Waals surface area contributed by atoms with Gasteiger partial charge in [0.25, 0.3) is 0 Å². The number of rotatable bonds is 8. The molecule has 0 aliphatic carbocycles. The summed E-state index contributed by atoms with van der Waals surface area (Å²) in [6.45, 7) is 12.9. The number of nitrogens with zero attached hydrogens (tertiary/aromatic N) is 3. The van der Waals surface area contributed by atoms with Crippen LogP contribution in [0.2, 0.25) is 0 Å². The first-order chi connectivity index (χ1) is 12.2. The highest BCUT2D eigenvalue weighted by Gasteiger charge is 2.19. The monoisotopic (exact) mass is 353 g/mol. The van der Waals surface area contributed by atoms with Crippen LogP contribution in [0.1, 0.15) is 52.4 Å². The van der Waals surface area contributed by atoms with Crippen LogP contribution in [0.3, 0.4) is 0 Å². The van der Waals surface area contributed by atoms with Gasteiger partial charge in [-0.2, -0.15) is 0 Å². The van der Waals surface area contributed by atoms with E-state index in [0.717, 1.165) is 57.9 Å². The van der Waals surface area contributed by atoms with Crippen LogP contribution in [-0.4, -0.2) is 85.4 Å². The molecule has 0 saturated carbocycles. The predicted octanol–water partition coefficient (Wildman–Crippen LogP) is 1.26. The van der Waals surface area contributed by atoms with Gasteiger partial charge in [0.05, 0.1) is 6.10 Å². The Morgan fingerprint density at radius 3 is 2.28 bits per heavy atom. The average molecular weight is 354 g/mol. The maximum absolute atomic E-state index is 9.56. The number of aliphatic hydroxyl groups excluding tert-OH is 1. The van der Waals surface area contributed by atoms with E-state index in [1.807, 2.05) is 0 Å². The first-order valence-electron chi connectivity index (χ1n) is 10.4. The zero-order valence-corrected chi connectivity index (χ0v) is 16.3. The molecule has 0 bridgehead atoms. The Balaban J connectivity index is 1.66. The molecule has 0 aromatic rings. The van der Waals surface area contributed by atoms with Crippen molar-refractivity contribution in [2.24, 2.45) is 4.99 Å². The molecular weight excluding hydrogens is 314 g/mol. The average Bonchev–Trinajstić information content (AvgIpc) is 2.62. The molecule has 0 atom stereocenters. The van der Waals surface area contributed by atoms with E-state index in [1.54, 1.807) is 0 Å². The molecule has 146 valence electrons. The Morgan fingerprint density at radius 1 is 1.00 bits per heavy atom. The highest BCUT2D eigenvalue weighted by Crippen LogP contribution is 2.11. The standard InChI is InChI=1S/C19H39N5O/c1-3-11-23-13-6-17(7-14-23)22-19(20-4-2)21-10-5-12-24-15-8-18(25)9-16-24/h17-18,25H,3-16H2,1-2H3,(H2,20,21,22). The molecule has 6 heteroatoms. The van der Waals surface area contributed by atoms with E-state index in [9.17, 15) is 5.11 Å². The maximum atomic E-state index is 9.56. The van der Waals surface area contributed by atoms with Crippen molar-refractivity contribution in [2.45, 2.75) is 64.5 Å². The normalized spacial score (nSPS) is 22.3. The zero-order valence-electron chi connectivity index (χ0n) is 16.3. The number of hydrogen-bond donors (Lipinski definition) is 3. The molecule has 0 amide bonds. The Morgan fingerprint density at radius 2 is 1.64 bits per heavy atom. The van der Waals surface area contributed by atoms with Crippen molar-refractivity contribution < 1.29 is 5.11 Å². The van der Waals surface area contributed by atoms with Gasteiger partial charge in [0.1, 0.15) is 0 Å². The number of aliphatic imine (C=N–C) groups is 1. The molecule has 2 fully saturated rings. The SMILES string of the molecule is CCCN1CCC(NC(=NCCCN2CCC(O)CC2)NCC)CC1. The summed E-state index contributed by atoms with van der Waals surface area (Å²) in [4.78, 5) is 9.78. The number of aliphatic hydroxyl groups is 1. The lowest BCUT2D eigenvalue weighted by molar-refractivity contribution is 0.0824. The first-order valence-corrected chi connectivity index (χ1v) is 10.4. The molecule has 2 aliphatic rings. The second-order valence-corrected chi connectivity index (χ2v) is 7.45. The molecule has 2 saturated heterocycles. The van der Waals surface area contributed by atoms with Crippen LogP contribution in [0.5, 0.6) is 0 Å². The van der Waals surface area contributed by atoms with Crippen LogP contribution in [0.15, 0.2) is 4.99 Å². The Bertz CT molecular complexity index is 374. The van der Waals surface area contributed by atoms with Gasteiger partial charge in [-0.05, 0) is 58.5 Å². The van der Waals surface area contributed by atoms with Gasteiger partial charge in [0, 0.05) is 45.3 Å². The Kier molecular flexibility index (Phi) is 9.58. The highest BCUT2D eigenvalue weighted by molar-refractivity contribution is 5.80. The van der Waals surface area contributed by atoms with Crippen LogP contribution in [0.25, 0.3) is 0 Å². The van der Waals surface area contributed by atoms with Gasteiger partial charge < -0.3 is 25.5 Å². The summed E-state index contributed by atoms with van der Waals surface area (Å²) >= 11 is 0. The summed E-state index contributed by atoms with van der Waals surface area (Å²) < 4.78 is 0. The van der Waals surface area contributed by atoms with Crippen LogP contribution in [0.4, 0.5) is 0 Å². The Labute approximate surface area is 154 Å². The van der Waals surface area contributed by atoms with Crippen molar-refractivity contribution in [2.75, 3.05) is 52.4 Å². The summed E-state index contributed by atoms with van der Waals surface area (Å²) in [7, 11) is 0. The molecular formula is C19H39N5O. The van der Waals surface area contributed by atoms with E-state index in [4.69, 9.17) is 4.99 Å². The smallest absolute Gasteiger partial charge is 0.191 e. The van der Waals surface area contributed by atoms with Gasteiger partial charge in [-0.3, -0.25) is 4.99 Å². The molecule has 0 radical (unpaired) electrons. The molecule has 2 rings (SSSR count). The highest BCUT2D eigenvalue weighted by atomic mass is 16.3. The van der Waals surface area contributed by atoms with E-state index in [1.165, 1.54) is 38.9 Å². The minimum atomic E-state index is -0.0810. The molecule has 2 heterocycles. The van der Waals surface area contributed by atoms with Crippen LogP contribution in [0, 0.1) is 0 Å². The van der Waals surface area contributed by atoms with Crippen LogP contribution >= 0.6 is 0 Å². The minimum Gasteiger partial charge on any atom is -0.393 e. The summed E-state index contributed by atoms with van der Waals surface area (Å²) in [5.74, 6) is 0.977. The van der Waals surface area contributed by atoms with E-state index in [-0.39, 0.29) is 6.10 Å². The lowest BCUT2D eigenvalue weighted by atomic mass is 10.1. The molecule has 0 spiro atoms. The third kappa shape index (κ3) is 7.92. The molecule has 0 aromatic heterocycles. The fraction of sp³-hybridized carbons (Fsp3) is 0.947. The topological polar surface area (TPSA) is 63.1 Å². The van der Waals surface area contributed by atoms with Crippen molar-refractivity contribution in [3.8, 4) is 0 Å². The number of hydrogen-bond acceptors (Lipinski definition) is 4. The summed E-state index contributed by atoms with van der Waals surface area (Å²) in [5, 5.41) is 16.6. The molecule has 2 aliphatic heterocycles. The predicted molar refractivity (Wildman–Crippen MR) is 105 cm³/mol. The number of likely N-dealkylation sites (tertiary alicyclic amines) is 2. The van der Waals surface area contributed by atoms with E-state index >= 15 is 0 Å². The fourth-order valence-corrected chi connectivity index (χ4v) is 3.76. The quantitative estimate of drug-likeness (QED) is 0.348. The maximum Gasteiger partial charge on any atom is 0.191 e. The van der Waals surface area contributed by atoms with E-state index in [0.29, 0.717) is 6.04 Å². The third-order valence-electron chi connectivity index (χ3n) is 5.27. The van der Waals surface area contributed by atoms with Crippen molar-refractivity contribution in [1.29, 1.82) is 0 Å². The molecule has 3 N–H and O–H groups in total. The van der Waals surface area contributed by atoms with Crippen molar-refractivity contribution in [3.05, 3.63) is 0 Å². The van der Waals surface area contributed by atoms with Crippen LogP contribution < -0.4 is 10.6 Å². The van der Waals surface area contributed by atoms with Crippen molar-refractivity contribution >= 4 is 5.96 Å². The summed E-state index contributed by atoms with van der Waals surface area (Å²) in [6, 6.07) is 0.550. The van der Waals surface area contributed by atoms with E-state index in [2.05, 4.69) is 34.3 Å². The summed E-state index contributed by atoms with van der Waals surface area (Å²) in [6.07, 6.45) is 6.51. The second-order valence-electron chi connectivity index (χ2n) is 7.45. The largest absolute Gasteiger partial charge is 0.393 e. The number of guanidine groups is 1.